The van der Waals surface area contributed by atoms with E-state index in [1.807, 2.05) is 30.3 Å². The summed E-state index contributed by atoms with van der Waals surface area (Å²) in [4.78, 5) is 4.86. The fourth-order valence-corrected chi connectivity index (χ4v) is 3.87. The Balaban J connectivity index is 1.51. The van der Waals surface area contributed by atoms with Crippen LogP contribution in [0.15, 0.2) is 91.0 Å². The van der Waals surface area contributed by atoms with Gasteiger partial charge in [-0.25, -0.2) is 4.98 Å². The minimum atomic E-state index is 0.425. The Morgan fingerprint density at radius 3 is 2.55 bits per heavy atom. The number of aryl methyl sites for hydroxylation is 1. The van der Waals surface area contributed by atoms with Crippen LogP contribution in [0.4, 0.5) is 0 Å². The maximum Gasteiger partial charge on any atom is 0.148 e. The standard InChI is InChI=1S/C26H22N2O/c1-19-8-6-9-20(16-19)17-28-24-14-5-4-13-23(24)27-26(28)18-29-25-15-7-11-21-10-2-3-12-22(21)25/h2-16H,17-18H2,1H3. The van der Waals surface area contributed by atoms with Crippen molar-refractivity contribution < 1.29 is 4.74 Å². The number of ether oxygens (including phenoxy) is 1. The van der Waals surface area contributed by atoms with Gasteiger partial charge < -0.3 is 9.30 Å². The van der Waals surface area contributed by atoms with Crippen LogP contribution in [-0.4, -0.2) is 9.55 Å². The smallest absolute Gasteiger partial charge is 0.148 e. The fraction of sp³-hybridized carbons (Fsp3) is 0.115. The van der Waals surface area contributed by atoms with E-state index >= 15 is 0 Å². The molecule has 0 unspecified atom stereocenters. The maximum absolute atomic E-state index is 6.25. The van der Waals surface area contributed by atoms with Crippen LogP contribution in [0.2, 0.25) is 0 Å². The highest BCUT2D eigenvalue weighted by Gasteiger charge is 2.12. The topological polar surface area (TPSA) is 27.1 Å². The first kappa shape index (κ1) is 17.5. The summed E-state index contributed by atoms with van der Waals surface area (Å²) in [5.41, 5.74) is 4.65. The van der Waals surface area contributed by atoms with Crippen molar-refractivity contribution in [3.05, 3.63) is 108 Å². The Bertz CT molecular complexity index is 1300. The largest absolute Gasteiger partial charge is 0.485 e. The highest BCUT2D eigenvalue weighted by molar-refractivity contribution is 5.88. The van der Waals surface area contributed by atoms with E-state index in [0.29, 0.717) is 6.61 Å². The minimum absolute atomic E-state index is 0.425. The van der Waals surface area contributed by atoms with Crippen LogP contribution in [0.3, 0.4) is 0 Å². The Kier molecular flexibility index (Phi) is 4.49. The van der Waals surface area contributed by atoms with Gasteiger partial charge in [0.1, 0.15) is 18.2 Å². The van der Waals surface area contributed by atoms with Crippen LogP contribution in [0.25, 0.3) is 21.8 Å². The second-order valence-electron chi connectivity index (χ2n) is 7.36. The summed E-state index contributed by atoms with van der Waals surface area (Å²) in [7, 11) is 0. The van der Waals surface area contributed by atoms with Crippen molar-refractivity contribution in [1.82, 2.24) is 9.55 Å². The number of para-hydroxylation sites is 2. The number of hydrogen-bond donors (Lipinski definition) is 0. The second kappa shape index (κ2) is 7.44. The molecule has 29 heavy (non-hydrogen) atoms. The molecule has 3 heteroatoms. The van der Waals surface area contributed by atoms with Gasteiger partial charge in [-0.2, -0.15) is 0 Å². The predicted molar refractivity (Wildman–Crippen MR) is 118 cm³/mol. The van der Waals surface area contributed by atoms with Crippen molar-refractivity contribution >= 4 is 21.8 Å². The molecule has 0 spiro atoms. The molecule has 0 fully saturated rings. The third-order valence-corrected chi connectivity index (χ3v) is 5.26. The van der Waals surface area contributed by atoms with Gasteiger partial charge >= 0.3 is 0 Å². The molecule has 0 amide bonds. The number of nitrogens with zero attached hydrogens (tertiary/aromatic N) is 2. The van der Waals surface area contributed by atoms with Gasteiger partial charge in [0.2, 0.25) is 0 Å². The van der Waals surface area contributed by atoms with E-state index in [1.165, 1.54) is 16.5 Å². The highest BCUT2D eigenvalue weighted by atomic mass is 16.5. The first-order chi connectivity index (χ1) is 14.3. The molecule has 0 N–H and O–H groups in total. The monoisotopic (exact) mass is 378 g/mol. The van der Waals surface area contributed by atoms with Crippen molar-refractivity contribution in [3.63, 3.8) is 0 Å². The normalized spacial score (nSPS) is 11.2. The Labute approximate surface area is 170 Å². The number of rotatable bonds is 5. The lowest BCUT2D eigenvalue weighted by Gasteiger charge is -2.12. The average molecular weight is 378 g/mol. The van der Waals surface area contributed by atoms with E-state index in [1.54, 1.807) is 0 Å². The second-order valence-corrected chi connectivity index (χ2v) is 7.36. The molecular weight excluding hydrogens is 356 g/mol. The molecule has 142 valence electrons. The number of aromatic nitrogens is 2. The summed E-state index contributed by atoms with van der Waals surface area (Å²) in [6, 6.07) is 31.4. The molecule has 5 aromatic rings. The molecular formula is C26H22N2O. The molecule has 1 heterocycles. The summed E-state index contributed by atoms with van der Waals surface area (Å²) in [5.74, 6) is 1.82. The fourth-order valence-electron chi connectivity index (χ4n) is 3.87. The van der Waals surface area contributed by atoms with Gasteiger partial charge in [0.25, 0.3) is 0 Å². The summed E-state index contributed by atoms with van der Waals surface area (Å²) in [5, 5.41) is 2.30. The van der Waals surface area contributed by atoms with Gasteiger partial charge in [0, 0.05) is 11.9 Å². The molecule has 0 atom stereocenters. The van der Waals surface area contributed by atoms with Crippen LogP contribution in [0.5, 0.6) is 5.75 Å². The Morgan fingerprint density at radius 1 is 0.828 bits per heavy atom. The van der Waals surface area contributed by atoms with Gasteiger partial charge in [-0.1, -0.05) is 78.4 Å². The number of fused-ring (bicyclic) bond motifs is 2. The molecule has 0 radical (unpaired) electrons. The van der Waals surface area contributed by atoms with E-state index in [2.05, 4.69) is 72.2 Å². The lowest BCUT2D eigenvalue weighted by Crippen LogP contribution is -2.08. The number of imidazole rings is 1. The first-order valence-corrected chi connectivity index (χ1v) is 9.88. The molecule has 0 aliphatic carbocycles. The van der Waals surface area contributed by atoms with Crippen LogP contribution >= 0.6 is 0 Å². The maximum atomic E-state index is 6.25. The molecule has 0 aliphatic heterocycles. The van der Waals surface area contributed by atoms with Gasteiger partial charge in [-0.05, 0) is 36.1 Å². The van der Waals surface area contributed by atoms with Crippen LogP contribution < -0.4 is 4.74 Å². The zero-order valence-corrected chi connectivity index (χ0v) is 16.4. The summed E-state index contributed by atoms with van der Waals surface area (Å²) < 4.78 is 8.51. The molecule has 3 nitrogen and oxygen atoms in total. The molecule has 5 rings (SSSR count). The predicted octanol–water partition coefficient (Wildman–Crippen LogP) is 6.13. The average Bonchev–Trinajstić information content (AvgIpc) is 3.10. The van der Waals surface area contributed by atoms with Gasteiger partial charge in [-0.15, -0.1) is 0 Å². The third-order valence-electron chi connectivity index (χ3n) is 5.26. The van der Waals surface area contributed by atoms with Crippen LogP contribution in [0.1, 0.15) is 17.0 Å². The zero-order valence-electron chi connectivity index (χ0n) is 16.4. The van der Waals surface area contributed by atoms with E-state index in [9.17, 15) is 0 Å². The SMILES string of the molecule is Cc1cccc(Cn2c(COc3cccc4ccccc34)nc3ccccc32)c1. The van der Waals surface area contributed by atoms with Crippen molar-refractivity contribution in [2.75, 3.05) is 0 Å². The van der Waals surface area contributed by atoms with Crippen LogP contribution in [-0.2, 0) is 13.2 Å². The zero-order chi connectivity index (χ0) is 19.6. The molecule has 4 aromatic carbocycles. The van der Waals surface area contributed by atoms with E-state index in [0.717, 1.165) is 34.5 Å². The van der Waals surface area contributed by atoms with Crippen LogP contribution in [0, 0.1) is 6.92 Å². The van der Waals surface area contributed by atoms with Gasteiger partial charge in [-0.3, -0.25) is 0 Å². The van der Waals surface area contributed by atoms with E-state index < -0.39 is 0 Å². The van der Waals surface area contributed by atoms with E-state index in [4.69, 9.17) is 9.72 Å². The quantitative estimate of drug-likeness (QED) is 0.368. The third kappa shape index (κ3) is 3.47. The first-order valence-electron chi connectivity index (χ1n) is 9.88. The van der Waals surface area contributed by atoms with Gasteiger partial charge in [0.05, 0.1) is 11.0 Å². The van der Waals surface area contributed by atoms with E-state index in [-0.39, 0.29) is 0 Å². The van der Waals surface area contributed by atoms with Crippen molar-refractivity contribution in [2.45, 2.75) is 20.1 Å². The number of benzene rings is 4. The van der Waals surface area contributed by atoms with Crippen molar-refractivity contribution in [2.24, 2.45) is 0 Å². The Morgan fingerprint density at radius 2 is 1.62 bits per heavy atom. The summed E-state index contributed by atoms with van der Waals surface area (Å²) in [6.07, 6.45) is 0. The molecule has 1 aromatic heterocycles. The molecule has 0 saturated carbocycles. The van der Waals surface area contributed by atoms with Crippen molar-refractivity contribution in [1.29, 1.82) is 0 Å². The highest BCUT2D eigenvalue weighted by Crippen LogP contribution is 2.26. The molecule has 0 saturated heterocycles. The lowest BCUT2D eigenvalue weighted by atomic mass is 10.1. The molecule has 0 aliphatic rings. The minimum Gasteiger partial charge on any atom is -0.485 e. The number of hydrogen-bond acceptors (Lipinski definition) is 2. The summed E-state index contributed by atoms with van der Waals surface area (Å²) >= 11 is 0. The lowest BCUT2D eigenvalue weighted by molar-refractivity contribution is 0.295. The summed E-state index contributed by atoms with van der Waals surface area (Å²) in [6.45, 7) is 3.32. The molecule has 0 bridgehead atoms. The van der Waals surface area contributed by atoms with Gasteiger partial charge in [0.15, 0.2) is 0 Å². The Hall–Kier alpha value is -3.59. The van der Waals surface area contributed by atoms with Crippen molar-refractivity contribution in [3.8, 4) is 5.75 Å².